The van der Waals surface area contributed by atoms with Gasteiger partial charge in [0, 0.05) is 17.8 Å². The summed E-state index contributed by atoms with van der Waals surface area (Å²) in [5.41, 5.74) is 12.5. The van der Waals surface area contributed by atoms with E-state index >= 15 is 0 Å². The van der Waals surface area contributed by atoms with E-state index in [1.54, 1.807) is 6.20 Å². The van der Waals surface area contributed by atoms with Crippen molar-refractivity contribution >= 4 is 28.3 Å². The van der Waals surface area contributed by atoms with Crippen molar-refractivity contribution in [2.75, 3.05) is 6.54 Å². The molecule has 1 heterocycles. The lowest BCUT2D eigenvalue weighted by atomic mass is 10.0. The molecule has 15 heavy (non-hydrogen) atoms. The second-order valence-corrected chi connectivity index (χ2v) is 4.03. The summed E-state index contributed by atoms with van der Waals surface area (Å²) in [6.07, 6.45) is 4.81. The second kappa shape index (κ2) is 8.05. The van der Waals surface area contributed by atoms with Gasteiger partial charge in [-0.1, -0.05) is 12.5 Å². The van der Waals surface area contributed by atoms with Gasteiger partial charge in [-0.2, -0.15) is 0 Å². The van der Waals surface area contributed by atoms with Crippen molar-refractivity contribution < 1.29 is 0 Å². The Bertz CT molecular complexity index is 283. The van der Waals surface area contributed by atoms with Crippen LogP contribution in [0.4, 0.5) is 0 Å². The van der Waals surface area contributed by atoms with Crippen LogP contribution in [0.15, 0.2) is 22.9 Å². The molecule has 5 heteroatoms. The monoisotopic (exact) mass is 293 g/mol. The summed E-state index contributed by atoms with van der Waals surface area (Å²) in [4.78, 5) is 4.14. The van der Waals surface area contributed by atoms with Gasteiger partial charge >= 0.3 is 0 Å². The molecule has 86 valence electrons. The minimum Gasteiger partial charge on any atom is -0.330 e. The lowest BCUT2D eigenvalue weighted by Gasteiger charge is -2.12. The van der Waals surface area contributed by atoms with E-state index in [4.69, 9.17) is 11.5 Å². The maximum Gasteiger partial charge on any atom is 0.110 e. The van der Waals surface area contributed by atoms with Crippen molar-refractivity contribution in [1.82, 2.24) is 4.98 Å². The number of pyridine rings is 1. The number of nitrogens with two attached hydrogens (primary N) is 2. The van der Waals surface area contributed by atoms with Crippen LogP contribution in [-0.4, -0.2) is 11.5 Å². The molecule has 0 saturated heterocycles. The molecule has 0 radical (unpaired) electrons. The molecule has 1 rings (SSSR count). The maximum absolute atomic E-state index is 6.03. The van der Waals surface area contributed by atoms with Gasteiger partial charge in [-0.3, -0.25) is 0 Å². The molecule has 0 bridgehead atoms. The average Bonchev–Trinajstić information content (AvgIpc) is 2.18. The predicted octanol–water partition coefficient (Wildman–Crippen LogP) is 2.39. The number of halogens is 2. The molecule has 0 spiro atoms. The fourth-order valence-electron chi connectivity index (χ4n) is 1.34. The van der Waals surface area contributed by atoms with Crippen molar-refractivity contribution in [2.24, 2.45) is 11.5 Å². The van der Waals surface area contributed by atoms with Crippen LogP contribution in [0.2, 0.25) is 0 Å². The van der Waals surface area contributed by atoms with Crippen LogP contribution in [0.1, 0.15) is 30.9 Å². The summed E-state index contributed by atoms with van der Waals surface area (Å²) >= 11 is 3.39. The smallest absolute Gasteiger partial charge is 0.110 e. The van der Waals surface area contributed by atoms with Crippen LogP contribution in [0.5, 0.6) is 0 Å². The van der Waals surface area contributed by atoms with Crippen molar-refractivity contribution in [2.45, 2.75) is 25.3 Å². The van der Waals surface area contributed by atoms with Gasteiger partial charge in [-0.05, 0) is 41.4 Å². The van der Waals surface area contributed by atoms with E-state index in [9.17, 15) is 0 Å². The largest absolute Gasteiger partial charge is 0.330 e. The van der Waals surface area contributed by atoms with E-state index in [0.29, 0.717) is 0 Å². The summed E-state index contributed by atoms with van der Waals surface area (Å²) in [6, 6.07) is 3.97. The van der Waals surface area contributed by atoms with Gasteiger partial charge in [0.1, 0.15) is 4.60 Å². The van der Waals surface area contributed by atoms with E-state index in [1.807, 2.05) is 12.1 Å². The van der Waals surface area contributed by atoms with Crippen LogP contribution in [0.25, 0.3) is 0 Å². The molecule has 0 saturated carbocycles. The van der Waals surface area contributed by atoms with Crippen molar-refractivity contribution in [3.05, 3.63) is 28.5 Å². The average molecular weight is 295 g/mol. The quantitative estimate of drug-likeness (QED) is 0.647. The topological polar surface area (TPSA) is 64.9 Å². The highest BCUT2D eigenvalue weighted by molar-refractivity contribution is 9.10. The Hall–Kier alpha value is -0.160. The molecule has 0 aliphatic carbocycles. The number of hydrogen-bond acceptors (Lipinski definition) is 3. The Morgan fingerprint density at radius 3 is 2.73 bits per heavy atom. The standard InChI is InChI=1S/C10H16BrN3.ClH/c11-10-8(4-3-7-14-10)9(13)5-1-2-6-12;/h3-4,7,9H,1-2,5-6,12-13H2;1H/t9-;/m1./s1. The first-order chi connectivity index (χ1) is 6.75. The summed E-state index contributed by atoms with van der Waals surface area (Å²) in [7, 11) is 0. The summed E-state index contributed by atoms with van der Waals surface area (Å²) < 4.78 is 0.847. The van der Waals surface area contributed by atoms with Gasteiger partial charge in [-0.15, -0.1) is 12.4 Å². The van der Waals surface area contributed by atoms with Gasteiger partial charge < -0.3 is 11.5 Å². The van der Waals surface area contributed by atoms with Gasteiger partial charge in [0.05, 0.1) is 0 Å². The highest BCUT2D eigenvalue weighted by Crippen LogP contribution is 2.22. The zero-order chi connectivity index (χ0) is 10.4. The third kappa shape index (κ3) is 4.93. The molecule has 3 nitrogen and oxygen atoms in total. The Labute approximate surface area is 105 Å². The van der Waals surface area contributed by atoms with E-state index in [2.05, 4.69) is 20.9 Å². The number of aromatic nitrogens is 1. The molecule has 1 atom stereocenters. The van der Waals surface area contributed by atoms with Crippen LogP contribution in [0.3, 0.4) is 0 Å². The number of rotatable bonds is 5. The molecular formula is C10H17BrClN3. The molecule has 4 N–H and O–H groups in total. The highest BCUT2D eigenvalue weighted by atomic mass is 79.9. The Morgan fingerprint density at radius 1 is 1.40 bits per heavy atom. The lowest BCUT2D eigenvalue weighted by molar-refractivity contribution is 0.587. The maximum atomic E-state index is 6.03. The van der Waals surface area contributed by atoms with Crippen LogP contribution in [-0.2, 0) is 0 Å². The Kier molecular flexibility index (Phi) is 7.96. The molecule has 0 aliphatic rings. The molecule has 0 fully saturated rings. The van der Waals surface area contributed by atoms with E-state index < -0.39 is 0 Å². The number of nitrogens with zero attached hydrogens (tertiary/aromatic N) is 1. The van der Waals surface area contributed by atoms with E-state index in [1.165, 1.54) is 0 Å². The molecule has 0 amide bonds. The predicted molar refractivity (Wildman–Crippen MR) is 69.0 cm³/mol. The van der Waals surface area contributed by atoms with Crippen molar-refractivity contribution in [3.8, 4) is 0 Å². The zero-order valence-corrected chi connectivity index (χ0v) is 10.9. The summed E-state index contributed by atoms with van der Waals surface area (Å²) in [6.45, 7) is 0.737. The number of hydrogen-bond donors (Lipinski definition) is 2. The SMILES string of the molecule is Cl.NCCCC[C@@H](N)c1cccnc1Br. The molecule has 0 aromatic carbocycles. The van der Waals surface area contributed by atoms with Crippen molar-refractivity contribution in [3.63, 3.8) is 0 Å². The Balaban J connectivity index is 0.00000196. The first-order valence-electron chi connectivity index (χ1n) is 4.81. The van der Waals surface area contributed by atoms with Crippen LogP contribution in [0, 0.1) is 0 Å². The van der Waals surface area contributed by atoms with Gasteiger partial charge in [0.15, 0.2) is 0 Å². The first-order valence-corrected chi connectivity index (χ1v) is 5.61. The van der Waals surface area contributed by atoms with E-state index in [-0.39, 0.29) is 18.4 Å². The minimum atomic E-state index is 0. The molecule has 1 aromatic heterocycles. The summed E-state index contributed by atoms with van der Waals surface area (Å²) in [5, 5.41) is 0. The third-order valence-corrected chi connectivity index (χ3v) is 2.82. The first kappa shape index (κ1) is 14.8. The second-order valence-electron chi connectivity index (χ2n) is 3.27. The fraction of sp³-hybridized carbons (Fsp3) is 0.500. The van der Waals surface area contributed by atoms with Crippen LogP contribution >= 0.6 is 28.3 Å². The van der Waals surface area contributed by atoms with Crippen molar-refractivity contribution in [1.29, 1.82) is 0 Å². The highest BCUT2D eigenvalue weighted by Gasteiger charge is 2.09. The van der Waals surface area contributed by atoms with Gasteiger partial charge in [-0.25, -0.2) is 4.98 Å². The Morgan fingerprint density at radius 2 is 2.13 bits per heavy atom. The normalized spacial score (nSPS) is 11.9. The van der Waals surface area contributed by atoms with Gasteiger partial charge in [0.2, 0.25) is 0 Å². The molecule has 0 unspecified atom stereocenters. The summed E-state index contributed by atoms with van der Waals surface area (Å²) in [5.74, 6) is 0. The molecule has 1 aromatic rings. The minimum absolute atomic E-state index is 0. The zero-order valence-electron chi connectivity index (χ0n) is 8.53. The lowest BCUT2D eigenvalue weighted by Crippen LogP contribution is -2.12. The molecule has 0 aliphatic heterocycles. The molecular weight excluding hydrogens is 277 g/mol. The van der Waals surface area contributed by atoms with E-state index in [0.717, 1.165) is 36.0 Å². The number of unbranched alkanes of at least 4 members (excludes halogenated alkanes) is 1. The third-order valence-electron chi connectivity index (χ3n) is 2.16. The van der Waals surface area contributed by atoms with Crippen LogP contribution < -0.4 is 11.5 Å². The fourth-order valence-corrected chi connectivity index (χ4v) is 1.88. The van der Waals surface area contributed by atoms with Gasteiger partial charge in [0.25, 0.3) is 0 Å².